The largest absolute Gasteiger partial charge is 0.679 e. The maximum absolute atomic E-state index is 6.48. The number of hydrogen-bond donors (Lipinski definition) is 0. The second kappa shape index (κ2) is 11.6. The summed E-state index contributed by atoms with van der Waals surface area (Å²) in [5.41, 5.74) is 0.203. The predicted octanol–water partition coefficient (Wildman–Crippen LogP) is 7.23. The summed E-state index contributed by atoms with van der Waals surface area (Å²) >= 11 is 0. The van der Waals surface area contributed by atoms with Gasteiger partial charge < -0.3 is 17.7 Å². The molecule has 29 heavy (non-hydrogen) atoms. The zero-order chi connectivity index (χ0) is 23.0. The van der Waals surface area contributed by atoms with Crippen LogP contribution >= 0.6 is 0 Å². The lowest BCUT2D eigenvalue weighted by Crippen LogP contribution is -2.54. The van der Waals surface area contributed by atoms with E-state index in [1.807, 2.05) is 0 Å². The molecule has 0 aliphatic carbocycles. The Bertz CT molecular complexity index is 372. The van der Waals surface area contributed by atoms with Gasteiger partial charge in [0.05, 0.1) is 0 Å². The molecule has 0 unspecified atom stereocenters. The quantitative estimate of drug-likeness (QED) is 0.241. The Morgan fingerprint density at radius 3 is 0.724 bits per heavy atom. The molecule has 0 rings (SSSR count). The SMILES string of the molecule is CCC(C)(C)CO[Si](OCC(C)(C)CC)(OCC(C)(C)CC)OCC(C)(C)CC. The molecule has 0 saturated carbocycles. The summed E-state index contributed by atoms with van der Waals surface area (Å²) in [6.07, 6.45) is 4.11. The van der Waals surface area contributed by atoms with Gasteiger partial charge in [-0.3, -0.25) is 0 Å². The molecule has 0 bridgehead atoms. The molecule has 0 amide bonds. The van der Waals surface area contributed by atoms with E-state index >= 15 is 0 Å². The molecule has 0 saturated heterocycles. The van der Waals surface area contributed by atoms with Crippen LogP contribution in [0.1, 0.15) is 109 Å². The van der Waals surface area contributed by atoms with Crippen molar-refractivity contribution in [2.24, 2.45) is 21.7 Å². The highest BCUT2D eigenvalue weighted by Gasteiger charge is 2.49. The van der Waals surface area contributed by atoms with Crippen molar-refractivity contribution in [3.8, 4) is 0 Å². The molecule has 0 aromatic carbocycles. The first-order chi connectivity index (χ1) is 13.1. The van der Waals surface area contributed by atoms with Crippen LogP contribution in [0.2, 0.25) is 0 Å². The normalized spacial score (nSPS) is 14.5. The summed E-state index contributed by atoms with van der Waals surface area (Å²) in [6.45, 7) is 28.8. The summed E-state index contributed by atoms with van der Waals surface area (Å²) < 4.78 is 25.9. The van der Waals surface area contributed by atoms with Gasteiger partial charge in [-0.25, -0.2) is 0 Å². The summed E-state index contributed by atoms with van der Waals surface area (Å²) in [6, 6.07) is 0. The standard InChI is InChI=1S/C24H52O4Si/c1-13-21(5,6)17-25-29(26-18-22(7,8)14-2,27-19-23(9,10)15-3)28-20-24(11,12)16-4/h13-20H2,1-12H3. The minimum absolute atomic E-state index is 0.0507. The molecule has 0 aliphatic heterocycles. The third-order valence-electron chi connectivity index (χ3n) is 6.39. The van der Waals surface area contributed by atoms with Gasteiger partial charge in [-0.05, 0) is 47.3 Å². The van der Waals surface area contributed by atoms with Gasteiger partial charge in [0.15, 0.2) is 0 Å². The second-order valence-electron chi connectivity index (χ2n) is 11.7. The van der Waals surface area contributed by atoms with Gasteiger partial charge in [-0.2, -0.15) is 0 Å². The maximum Gasteiger partial charge on any atom is 0.679 e. The highest BCUT2D eigenvalue weighted by molar-refractivity contribution is 6.53. The highest BCUT2D eigenvalue weighted by Crippen LogP contribution is 2.31. The van der Waals surface area contributed by atoms with Gasteiger partial charge in [0, 0.05) is 26.4 Å². The molecule has 0 heterocycles. The molecule has 0 N–H and O–H groups in total. The lowest BCUT2D eigenvalue weighted by atomic mass is 9.92. The summed E-state index contributed by atoms with van der Waals surface area (Å²) in [7, 11) is -3.30. The highest BCUT2D eigenvalue weighted by atomic mass is 28.4. The van der Waals surface area contributed by atoms with Gasteiger partial charge in [-0.1, -0.05) is 83.1 Å². The van der Waals surface area contributed by atoms with E-state index in [0.29, 0.717) is 26.4 Å². The minimum Gasteiger partial charge on any atom is -0.351 e. The second-order valence-corrected chi connectivity index (χ2v) is 13.9. The topological polar surface area (TPSA) is 36.9 Å². The van der Waals surface area contributed by atoms with E-state index in [0.717, 1.165) is 25.7 Å². The van der Waals surface area contributed by atoms with Crippen molar-refractivity contribution in [2.75, 3.05) is 26.4 Å². The Balaban J connectivity index is 5.72. The summed E-state index contributed by atoms with van der Waals surface area (Å²) in [5.74, 6) is 0. The predicted molar refractivity (Wildman–Crippen MR) is 126 cm³/mol. The van der Waals surface area contributed by atoms with Crippen molar-refractivity contribution in [1.82, 2.24) is 0 Å². The third kappa shape index (κ3) is 11.9. The van der Waals surface area contributed by atoms with Crippen molar-refractivity contribution in [2.45, 2.75) is 109 Å². The first-order valence-electron chi connectivity index (χ1n) is 11.6. The van der Waals surface area contributed by atoms with Crippen LogP contribution < -0.4 is 0 Å². The molecule has 4 nitrogen and oxygen atoms in total. The van der Waals surface area contributed by atoms with Crippen LogP contribution in [-0.2, 0) is 17.7 Å². The Kier molecular flexibility index (Phi) is 11.6. The third-order valence-corrected chi connectivity index (χ3v) is 8.38. The van der Waals surface area contributed by atoms with Gasteiger partial charge >= 0.3 is 9.05 Å². The van der Waals surface area contributed by atoms with E-state index in [2.05, 4.69) is 83.1 Å². The average Bonchev–Trinajstić information content (AvgIpc) is 2.67. The van der Waals surface area contributed by atoms with Crippen LogP contribution in [0, 0.1) is 21.7 Å². The molecule has 0 radical (unpaired) electrons. The van der Waals surface area contributed by atoms with Crippen molar-refractivity contribution in [3.05, 3.63) is 0 Å². The van der Waals surface area contributed by atoms with E-state index in [-0.39, 0.29) is 21.7 Å². The zero-order valence-corrected chi connectivity index (χ0v) is 22.8. The van der Waals surface area contributed by atoms with Gasteiger partial charge in [0.1, 0.15) is 0 Å². The zero-order valence-electron chi connectivity index (χ0n) is 21.8. The van der Waals surface area contributed by atoms with Crippen molar-refractivity contribution in [1.29, 1.82) is 0 Å². The van der Waals surface area contributed by atoms with Crippen molar-refractivity contribution in [3.63, 3.8) is 0 Å². The van der Waals surface area contributed by atoms with Crippen molar-refractivity contribution >= 4 is 9.05 Å². The Hall–Kier alpha value is 0.0569. The molecule has 0 aromatic rings. The Labute approximate surface area is 183 Å². The lowest BCUT2D eigenvalue weighted by molar-refractivity contribution is -0.0836. The van der Waals surface area contributed by atoms with E-state index in [1.165, 1.54) is 0 Å². The lowest BCUT2D eigenvalue weighted by Gasteiger charge is -2.38. The first kappa shape index (κ1) is 29.1. The Morgan fingerprint density at radius 1 is 0.414 bits per heavy atom. The molecule has 0 spiro atoms. The summed E-state index contributed by atoms with van der Waals surface area (Å²) in [5, 5.41) is 0. The fraction of sp³-hybridized carbons (Fsp3) is 1.00. The van der Waals surface area contributed by atoms with Crippen LogP contribution in [0.5, 0.6) is 0 Å². The number of rotatable bonds is 16. The Morgan fingerprint density at radius 2 is 0.586 bits per heavy atom. The van der Waals surface area contributed by atoms with Gasteiger partial charge in [-0.15, -0.1) is 0 Å². The van der Waals surface area contributed by atoms with E-state index in [4.69, 9.17) is 17.7 Å². The van der Waals surface area contributed by atoms with E-state index in [1.54, 1.807) is 0 Å². The molecule has 0 atom stereocenters. The summed E-state index contributed by atoms with van der Waals surface area (Å²) in [4.78, 5) is 0. The smallest absolute Gasteiger partial charge is 0.351 e. The van der Waals surface area contributed by atoms with Gasteiger partial charge in [0.25, 0.3) is 0 Å². The van der Waals surface area contributed by atoms with E-state index < -0.39 is 9.05 Å². The molecule has 0 aromatic heterocycles. The van der Waals surface area contributed by atoms with Crippen LogP contribution in [0.4, 0.5) is 0 Å². The number of hydrogen-bond acceptors (Lipinski definition) is 4. The fourth-order valence-electron chi connectivity index (χ4n) is 1.79. The van der Waals surface area contributed by atoms with Crippen LogP contribution in [-0.4, -0.2) is 35.5 Å². The molecule has 176 valence electrons. The fourth-order valence-corrected chi connectivity index (χ4v) is 4.56. The van der Waals surface area contributed by atoms with Crippen LogP contribution in [0.15, 0.2) is 0 Å². The molecule has 5 heteroatoms. The molecular formula is C24H52O4Si. The molecular weight excluding hydrogens is 380 g/mol. The average molecular weight is 433 g/mol. The maximum atomic E-state index is 6.48. The minimum atomic E-state index is -3.30. The van der Waals surface area contributed by atoms with Crippen LogP contribution in [0.25, 0.3) is 0 Å². The monoisotopic (exact) mass is 432 g/mol. The van der Waals surface area contributed by atoms with Gasteiger partial charge in [0.2, 0.25) is 0 Å². The van der Waals surface area contributed by atoms with Crippen LogP contribution in [0.3, 0.4) is 0 Å². The molecule has 0 aliphatic rings. The molecule has 0 fully saturated rings. The van der Waals surface area contributed by atoms with E-state index in [9.17, 15) is 0 Å². The first-order valence-corrected chi connectivity index (χ1v) is 13.3. The van der Waals surface area contributed by atoms with Crippen molar-refractivity contribution < 1.29 is 17.7 Å².